The molecule has 0 atom stereocenters. The molecule has 2 aromatic rings. The number of primary sulfonamides is 1. The van der Waals surface area contributed by atoms with E-state index in [1.807, 2.05) is 6.07 Å². The molecular weight excluding hydrogens is 461 g/mol. The zero-order valence-corrected chi connectivity index (χ0v) is 20.0. The van der Waals surface area contributed by atoms with Crippen molar-refractivity contribution in [2.45, 2.75) is 24.4 Å². The zero-order valence-electron chi connectivity index (χ0n) is 17.6. The molecule has 2 aromatic carbocycles. The SMILES string of the molecule is COc1ccc(CNCCc2ccc(S(N)(=O)=O)cc2)cc1CN1CCOCC1.Cl.Cl. The highest BCUT2D eigenvalue weighted by Gasteiger charge is 2.14. The van der Waals surface area contributed by atoms with Crippen LogP contribution in [0.25, 0.3) is 0 Å². The number of hydrogen-bond donors (Lipinski definition) is 2. The first-order valence-electron chi connectivity index (χ1n) is 9.74. The number of halogens is 2. The Morgan fingerprint density at radius 1 is 1.06 bits per heavy atom. The van der Waals surface area contributed by atoms with Gasteiger partial charge in [-0.15, -0.1) is 24.8 Å². The van der Waals surface area contributed by atoms with E-state index in [0.29, 0.717) is 0 Å². The Labute approximate surface area is 197 Å². The molecule has 1 saturated heterocycles. The van der Waals surface area contributed by atoms with E-state index in [1.165, 1.54) is 11.1 Å². The van der Waals surface area contributed by atoms with E-state index in [-0.39, 0.29) is 29.7 Å². The Hall–Kier alpha value is -1.39. The average molecular weight is 492 g/mol. The molecular formula is C21H31Cl2N3O4S. The van der Waals surface area contributed by atoms with Gasteiger partial charge in [0.15, 0.2) is 0 Å². The molecule has 3 N–H and O–H groups in total. The maximum atomic E-state index is 11.3. The summed E-state index contributed by atoms with van der Waals surface area (Å²) in [4.78, 5) is 2.52. The molecule has 31 heavy (non-hydrogen) atoms. The summed E-state index contributed by atoms with van der Waals surface area (Å²) in [6.07, 6.45) is 0.807. The maximum Gasteiger partial charge on any atom is 0.238 e. The molecule has 1 aliphatic heterocycles. The molecule has 1 fully saturated rings. The molecule has 0 aromatic heterocycles. The summed E-state index contributed by atoms with van der Waals surface area (Å²) in [5, 5.41) is 8.57. The molecule has 0 amide bonds. The lowest BCUT2D eigenvalue weighted by Crippen LogP contribution is -2.35. The Morgan fingerprint density at radius 3 is 2.32 bits per heavy atom. The third-order valence-corrected chi connectivity index (χ3v) is 5.94. The molecule has 3 rings (SSSR count). The van der Waals surface area contributed by atoms with Crippen molar-refractivity contribution in [3.8, 4) is 5.75 Å². The molecule has 0 bridgehead atoms. The van der Waals surface area contributed by atoms with Crippen molar-refractivity contribution in [1.82, 2.24) is 10.2 Å². The molecule has 1 heterocycles. The zero-order chi connectivity index (χ0) is 20.7. The highest BCUT2D eigenvalue weighted by Crippen LogP contribution is 2.22. The lowest BCUT2D eigenvalue weighted by molar-refractivity contribution is 0.0339. The molecule has 0 aliphatic carbocycles. The number of nitrogens with two attached hydrogens (primary N) is 1. The van der Waals surface area contributed by atoms with Crippen LogP contribution >= 0.6 is 24.8 Å². The van der Waals surface area contributed by atoms with Crippen LogP contribution in [0.4, 0.5) is 0 Å². The second-order valence-corrected chi connectivity index (χ2v) is 8.71. The summed E-state index contributed by atoms with van der Waals surface area (Å²) in [7, 11) is -1.93. The van der Waals surface area contributed by atoms with Crippen molar-refractivity contribution in [2.24, 2.45) is 5.14 Å². The van der Waals surface area contributed by atoms with Crippen LogP contribution in [-0.2, 0) is 34.3 Å². The topological polar surface area (TPSA) is 93.9 Å². The summed E-state index contributed by atoms with van der Waals surface area (Å²) in [6.45, 7) is 5.85. The van der Waals surface area contributed by atoms with Crippen LogP contribution in [0.5, 0.6) is 5.75 Å². The minimum atomic E-state index is -3.64. The number of ether oxygens (including phenoxy) is 2. The van der Waals surface area contributed by atoms with Crippen molar-refractivity contribution in [3.63, 3.8) is 0 Å². The summed E-state index contributed by atoms with van der Waals surface area (Å²) >= 11 is 0. The maximum absolute atomic E-state index is 11.3. The number of rotatable bonds is 9. The van der Waals surface area contributed by atoms with E-state index < -0.39 is 10.0 Å². The summed E-state index contributed by atoms with van der Waals surface area (Å²) in [5.74, 6) is 0.912. The van der Waals surface area contributed by atoms with Crippen LogP contribution in [0.3, 0.4) is 0 Å². The fraction of sp³-hybridized carbons (Fsp3) is 0.429. The van der Waals surface area contributed by atoms with E-state index in [9.17, 15) is 8.42 Å². The normalized spacial score (nSPS) is 14.4. The van der Waals surface area contributed by atoms with E-state index in [2.05, 4.69) is 22.3 Å². The minimum absolute atomic E-state index is 0. The van der Waals surface area contributed by atoms with Gasteiger partial charge in [0.25, 0.3) is 0 Å². The molecule has 10 heteroatoms. The van der Waals surface area contributed by atoms with Gasteiger partial charge in [-0.1, -0.05) is 18.2 Å². The van der Waals surface area contributed by atoms with Gasteiger partial charge in [-0.05, 0) is 48.4 Å². The summed E-state index contributed by atoms with van der Waals surface area (Å²) < 4.78 is 33.6. The Kier molecular flexibility index (Phi) is 11.8. The third-order valence-electron chi connectivity index (χ3n) is 5.01. The van der Waals surface area contributed by atoms with Gasteiger partial charge >= 0.3 is 0 Å². The van der Waals surface area contributed by atoms with Crippen molar-refractivity contribution >= 4 is 34.8 Å². The Bertz CT molecular complexity index is 905. The number of methoxy groups -OCH3 is 1. The first kappa shape index (κ1) is 27.6. The number of sulfonamides is 1. The molecule has 1 aliphatic rings. The highest BCUT2D eigenvalue weighted by molar-refractivity contribution is 7.89. The van der Waals surface area contributed by atoms with Crippen LogP contribution in [-0.4, -0.2) is 53.3 Å². The van der Waals surface area contributed by atoms with E-state index in [0.717, 1.165) is 63.7 Å². The van der Waals surface area contributed by atoms with Gasteiger partial charge in [0, 0.05) is 31.7 Å². The average Bonchev–Trinajstić information content (AvgIpc) is 2.72. The van der Waals surface area contributed by atoms with Crippen LogP contribution in [0.15, 0.2) is 47.4 Å². The lowest BCUT2D eigenvalue weighted by Gasteiger charge is -2.27. The van der Waals surface area contributed by atoms with E-state index in [1.54, 1.807) is 31.4 Å². The fourth-order valence-electron chi connectivity index (χ4n) is 3.38. The van der Waals surface area contributed by atoms with Crippen molar-refractivity contribution < 1.29 is 17.9 Å². The fourth-order valence-corrected chi connectivity index (χ4v) is 3.89. The summed E-state index contributed by atoms with van der Waals surface area (Å²) in [6, 6.07) is 13.0. The van der Waals surface area contributed by atoms with Gasteiger partial charge in [-0.2, -0.15) is 0 Å². The molecule has 0 saturated carbocycles. The molecule has 0 radical (unpaired) electrons. The number of benzene rings is 2. The van der Waals surface area contributed by atoms with Crippen molar-refractivity contribution in [3.05, 3.63) is 59.2 Å². The number of morpholine rings is 1. The Morgan fingerprint density at radius 2 is 1.71 bits per heavy atom. The van der Waals surface area contributed by atoms with Gasteiger partial charge in [0.2, 0.25) is 10.0 Å². The van der Waals surface area contributed by atoms with E-state index >= 15 is 0 Å². The van der Waals surface area contributed by atoms with Gasteiger partial charge in [-0.3, -0.25) is 4.90 Å². The predicted octanol–water partition coefficient (Wildman–Crippen LogP) is 2.35. The van der Waals surface area contributed by atoms with Crippen LogP contribution < -0.4 is 15.2 Å². The van der Waals surface area contributed by atoms with Gasteiger partial charge in [-0.25, -0.2) is 13.6 Å². The van der Waals surface area contributed by atoms with Crippen molar-refractivity contribution in [2.75, 3.05) is 40.0 Å². The number of nitrogens with zero attached hydrogens (tertiary/aromatic N) is 1. The smallest absolute Gasteiger partial charge is 0.238 e. The van der Waals surface area contributed by atoms with Crippen LogP contribution in [0.1, 0.15) is 16.7 Å². The first-order valence-corrected chi connectivity index (χ1v) is 11.3. The molecule has 0 spiro atoms. The van der Waals surface area contributed by atoms with Crippen LogP contribution in [0.2, 0.25) is 0 Å². The largest absolute Gasteiger partial charge is 0.496 e. The Balaban J connectivity index is 0.00000240. The molecule has 0 unspecified atom stereocenters. The van der Waals surface area contributed by atoms with E-state index in [4.69, 9.17) is 14.6 Å². The predicted molar refractivity (Wildman–Crippen MR) is 127 cm³/mol. The standard InChI is InChI=1S/C21H29N3O4S.2ClH/c1-27-21-7-4-18(14-19(21)16-24-10-12-28-13-11-24)15-23-9-8-17-2-5-20(6-3-17)29(22,25)26;;/h2-7,14,23H,8-13,15-16H2,1H3,(H2,22,25,26);2*1H. The molecule has 7 nitrogen and oxygen atoms in total. The van der Waals surface area contributed by atoms with Gasteiger partial charge < -0.3 is 14.8 Å². The quantitative estimate of drug-likeness (QED) is 0.522. The second-order valence-electron chi connectivity index (χ2n) is 7.15. The lowest BCUT2D eigenvalue weighted by atomic mass is 10.1. The first-order chi connectivity index (χ1) is 14.0. The van der Waals surface area contributed by atoms with Gasteiger partial charge in [0.1, 0.15) is 5.75 Å². The number of nitrogens with one attached hydrogen (secondary N) is 1. The molecule has 174 valence electrons. The number of hydrogen-bond acceptors (Lipinski definition) is 6. The van der Waals surface area contributed by atoms with Crippen molar-refractivity contribution in [1.29, 1.82) is 0 Å². The van der Waals surface area contributed by atoms with Crippen LogP contribution in [0, 0.1) is 0 Å². The highest BCUT2D eigenvalue weighted by atomic mass is 35.5. The third kappa shape index (κ3) is 8.57. The summed E-state index contributed by atoms with van der Waals surface area (Å²) in [5.41, 5.74) is 3.46. The second kappa shape index (κ2) is 13.2. The monoisotopic (exact) mass is 491 g/mol. The van der Waals surface area contributed by atoms with Gasteiger partial charge in [0.05, 0.1) is 25.2 Å². The minimum Gasteiger partial charge on any atom is -0.496 e.